The fraction of sp³-hybridized carbons (Fsp3) is 0.545. The molecule has 3 rings (SSSR count). The maximum atomic E-state index is 10.9. The zero-order valence-corrected chi connectivity index (χ0v) is 16.7. The minimum Gasteiger partial charge on any atom is -0.370 e. The molecule has 0 atom stereocenters. The molecule has 0 spiro atoms. The van der Waals surface area contributed by atoms with Gasteiger partial charge >= 0.3 is 0 Å². The molecule has 2 N–H and O–H groups in total. The van der Waals surface area contributed by atoms with Crippen LogP contribution in [0.15, 0.2) is 30.5 Å². The Morgan fingerprint density at radius 3 is 2.44 bits per heavy atom. The van der Waals surface area contributed by atoms with Crippen LogP contribution in [0.2, 0.25) is 0 Å². The summed E-state index contributed by atoms with van der Waals surface area (Å²) in [5.74, 6) is 0.528. The number of hydrogen-bond acceptors (Lipinski definition) is 3. The van der Waals surface area contributed by atoms with Gasteiger partial charge in [-0.1, -0.05) is 24.3 Å². The van der Waals surface area contributed by atoms with E-state index in [2.05, 4.69) is 54.3 Å². The van der Waals surface area contributed by atoms with Crippen molar-refractivity contribution >= 4 is 5.91 Å². The predicted octanol–water partition coefficient (Wildman–Crippen LogP) is 3.08. The number of rotatable bonds is 8. The second-order valence-electron chi connectivity index (χ2n) is 7.80. The third-order valence-electron chi connectivity index (χ3n) is 5.68. The first-order chi connectivity index (χ1) is 13.0. The minimum absolute atomic E-state index is 0.233. The maximum Gasteiger partial charge on any atom is 0.217 e. The van der Waals surface area contributed by atoms with Crippen LogP contribution in [0.3, 0.4) is 0 Å². The molecule has 0 saturated carbocycles. The maximum absolute atomic E-state index is 10.9. The second kappa shape index (κ2) is 9.18. The van der Waals surface area contributed by atoms with Crippen molar-refractivity contribution in [3.8, 4) is 0 Å². The number of nitrogens with zero attached hydrogens (tertiary/aromatic N) is 3. The van der Waals surface area contributed by atoms with E-state index >= 15 is 0 Å². The van der Waals surface area contributed by atoms with E-state index < -0.39 is 0 Å². The molecule has 5 nitrogen and oxygen atoms in total. The van der Waals surface area contributed by atoms with Crippen molar-refractivity contribution in [1.82, 2.24) is 14.7 Å². The second-order valence-corrected chi connectivity index (χ2v) is 7.80. The van der Waals surface area contributed by atoms with Gasteiger partial charge < -0.3 is 5.73 Å². The molecule has 1 aromatic carbocycles. The topological polar surface area (TPSA) is 64.2 Å². The molecule has 1 aromatic heterocycles. The van der Waals surface area contributed by atoms with Gasteiger partial charge in [-0.15, -0.1) is 0 Å². The Bertz CT molecular complexity index is 742. The third-order valence-corrected chi connectivity index (χ3v) is 5.68. The van der Waals surface area contributed by atoms with E-state index in [1.54, 1.807) is 0 Å². The summed E-state index contributed by atoms with van der Waals surface area (Å²) in [6, 6.07) is 8.71. The van der Waals surface area contributed by atoms with E-state index in [1.165, 1.54) is 29.5 Å². The number of aromatic nitrogens is 2. The van der Waals surface area contributed by atoms with Crippen molar-refractivity contribution in [2.45, 2.75) is 59.0 Å². The summed E-state index contributed by atoms with van der Waals surface area (Å²) in [4.78, 5) is 13.5. The van der Waals surface area contributed by atoms with Gasteiger partial charge in [-0.2, -0.15) is 5.10 Å². The fourth-order valence-corrected chi connectivity index (χ4v) is 3.91. The first-order valence-corrected chi connectivity index (χ1v) is 10.1. The summed E-state index contributed by atoms with van der Waals surface area (Å²) >= 11 is 0. The average Bonchev–Trinajstić information content (AvgIpc) is 3.02. The van der Waals surface area contributed by atoms with E-state index in [9.17, 15) is 4.79 Å². The molecule has 0 unspecified atom stereocenters. The van der Waals surface area contributed by atoms with Crippen molar-refractivity contribution < 1.29 is 4.79 Å². The van der Waals surface area contributed by atoms with Gasteiger partial charge in [0.25, 0.3) is 0 Å². The summed E-state index contributed by atoms with van der Waals surface area (Å²) < 4.78 is 2.03. The van der Waals surface area contributed by atoms with Gasteiger partial charge in [0.1, 0.15) is 0 Å². The summed E-state index contributed by atoms with van der Waals surface area (Å²) in [6.07, 6.45) is 7.02. The zero-order chi connectivity index (χ0) is 19.2. The number of carbonyl (C=O) groups excluding carboxylic acids is 1. The smallest absolute Gasteiger partial charge is 0.217 e. The Labute approximate surface area is 162 Å². The molecule has 0 radical (unpaired) electrons. The zero-order valence-electron chi connectivity index (χ0n) is 16.7. The molecule has 2 heterocycles. The minimum atomic E-state index is -0.233. The van der Waals surface area contributed by atoms with E-state index in [0.29, 0.717) is 6.42 Å². The highest BCUT2D eigenvalue weighted by molar-refractivity contribution is 5.73. The number of carbonyl (C=O) groups is 1. The van der Waals surface area contributed by atoms with E-state index in [0.717, 1.165) is 50.6 Å². The number of benzene rings is 1. The lowest BCUT2D eigenvalue weighted by Gasteiger charge is -2.32. The standard InChI is InChI=1S/C22H32N4O/c1-3-26-16-21(17(2)24-26)15-25-12-10-20(11-13-25)14-19-6-4-18(5-7-19)8-9-22(23)27/h4-7,16,20H,3,8-15H2,1-2H3,(H2,23,27). The Hall–Kier alpha value is -2.14. The van der Waals surface area contributed by atoms with Crippen LogP contribution in [0.25, 0.3) is 0 Å². The average molecular weight is 369 g/mol. The lowest BCUT2D eigenvalue weighted by atomic mass is 9.89. The number of nitrogens with two attached hydrogens (primary N) is 1. The lowest BCUT2D eigenvalue weighted by molar-refractivity contribution is -0.117. The predicted molar refractivity (Wildman–Crippen MR) is 108 cm³/mol. The van der Waals surface area contributed by atoms with Gasteiger partial charge in [0.05, 0.1) is 5.69 Å². The molecule has 1 amide bonds. The lowest BCUT2D eigenvalue weighted by Crippen LogP contribution is -2.33. The largest absolute Gasteiger partial charge is 0.370 e. The third kappa shape index (κ3) is 5.67. The molecule has 27 heavy (non-hydrogen) atoms. The van der Waals surface area contributed by atoms with Gasteiger partial charge in [-0.25, -0.2) is 0 Å². The van der Waals surface area contributed by atoms with Gasteiger partial charge in [0, 0.05) is 31.3 Å². The van der Waals surface area contributed by atoms with Crippen LogP contribution in [0.1, 0.15) is 48.6 Å². The molecule has 146 valence electrons. The Kier molecular flexibility index (Phi) is 6.67. The van der Waals surface area contributed by atoms with Crippen molar-refractivity contribution in [2.75, 3.05) is 13.1 Å². The molecule has 1 aliphatic heterocycles. The van der Waals surface area contributed by atoms with Gasteiger partial charge in [-0.05, 0) is 69.7 Å². The summed E-state index contributed by atoms with van der Waals surface area (Å²) in [5, 5.41) is 4.56. The molecule has 1 saturated heterocycles. The molecule has 5 heteroatoms. The number of likely N-dealkylation sites (tertiary alicyclic amines) is 1. The monoisotopic (exact) mass is 368 g/mol. The van der Waals surface area contributed by atoms with Crippen LogP contribution in [0.4, 0.5) is 0 Å². The van der Waals surface area contributed by atoms with Gasteiger partial charge in [0.15, 0.2) is 0 Å². The molecule has 2 aromatic rings. The number of amides is 1. The van der Waals surface area contributed by atoms with Crippen molar-refractivity contribution in [3.63, 3.8) is 0 Å². The van der Waals surface area contributed by atoms with Gasteiger partial charge in [0.2, 0.25) is 5.91 Å². The summed E-state index contributed by atoms with van der Waals surface area (Å²) in [5.41, 5.74) is 10.3. The molecule has 0 aliphatic carbocycles. The highest BCUT2D eigenvalue weighted by Crippen LogP contribution is 2.23. The molecule has 1 fully saturated rings. The van der Waals surface area contributed by atoms with Crippen LogP contribution >= 0.6 is 0 Å². The van der Waals surface area contributed by atoms with Crippen molar-refractivity contribution in [1.29, 1.82) is 0 Å². The van der Waals surface area contributed by atoms with Crippen molar-refractivity contribution in [2.24, 2.45) is 11.7 Å². The number of primary amides is 1. The first kappa shape index (κ1) is 19.6. The van der Waals surface area contributed by atoms with E-state index in [1.807, 2.05) is 4.68 Å². The Balaban J connectivity index is 1.45. The molecule has 1 aliphatic rings. The normalized spacial score (nSPS) is 15.9. The van der Waals surface area contributed by atoms with Crippen LogP contribution in [0, 0.1) is 12.8 Å². The van der Waals surface area contributed by atoms with Crippen LogP contribution in [-0.2, 0) is 30.7 Å². The quantitative estimate of drug-likeness (QED) is 0.779. The molecular formula is C22H32N4O. The highest BCUT2D eigenvalue weighted by atomic mass is 16.1. The van der Waals surface area contributed by atoms with Gasteiger partial charge in [-0.3, -0.25) is 14.4 Å². The Morgan fingerprint density at radius 1 is 1.19 bits per heavy atom. The number of piperidine rings is 1. The van der Waals surface area contributed by atoms with E-state index in [-0.39, 0.29) is 5.91 Å². The first-order valence-electron chi connectivity index (χ1n) is 10.1. The highest BCUT2D eigenvalue weighted by Gasteiger charge is 2.20. The van der Waals surface area contributed by atoms with Crippen molar-refractivity contribution in [3.05, 3.63) is 52.8 Å². The SMILES string of the molecule is CCn1cc(CN2CCC(Cc3ccc(CCC(N)=O)cc3)CC2)c(C)n1. The number of hydrogen-bond donors (Lipinski definition) is 1. The molecule has 0 bridgehead atoms. The van der Waals surface area contributed by atoms with E-state index in [4.69, 9.17) is 5.73 Å². The summed E-state index contributed by atoms with van der Waals surface area (Å²) in [6.45, 7) is 8.53. The molecular weight excluding hydrogens is 336 g/mol. The van der Waals surface area contributed by atoms with Crippen LogP contribution in [0.5, 0.6) is 0 Å². The fourth-order valence-electron chi connectivity index (χ4n) is 3.91. The Morgan fingerprint density at radius 2 is 1.85 bits per heavy atom. The number of aryl methyl sites for hydroxylation is 3. The van der Waals surface area contributed by atoms with Crippen LogP contribution < -0.4 is 5.73 Å². The van der Waals surface area contributed by atoms with Crippen LogP contribution in [-0.4, -0.2) is 33.7 Å². The summed E-state index contributed by atoms with van der Waals surface area (Å²) in [7, 11) is 0.